The summed E-state index contributed by atoms with van der Waals surface area (Å²) < 4.78 is 6.03. The molecule has 0 fully saturated rings. The number of aromatic hydroxyl groups is 1. The number of aliphatic hydroxyl groups excluding tert-OH is 1. The van der Waals surface area contributed by atoms with Crippen LogP contribution in [0, 0.1) is 0 Å². The second kappa shape index (κ2) is 13.3. The SMILES string of the molecule is CCCCCC(O)CC(=O)CCc1ccc(O)c(OC[NH+]2C=C3C(Cc4cccc5c4C=CNC5N)=CN=C3C2)c1. The lowest BCUT2D eigenvalue weighted by atomic mass is 9.91. The first-order chi connectivity index (χ1) is 19.9. The largest absolute Gasteiger partial charge is 0.504 e. The highest BCUT2D eigenvalue weighted by atomic mass is 16.5. The van der Waals surface area contributed by atoms with Crippen LogP contribution in [-0.2, 0) is 17.6 Å². The Kier molecular flexibility index (Phi) is 9.34. The summed E-state index contributed by atoms with van der Waals surface area (Å²) in [4.78, 5) is 18.1. The van der Waals surface area contributed by atoms with Gasteiger partial charge in [0.2, 0.25) is 6.73 Å². The van der Waals surface area contributed by atoms with Crippen LogP contribution in [0.2, 0.25) is 0 Å². The number of hydrogen-bond acceptors (Lipinski definition) is 7. The second-order valence-corrected chi connectivity index (χ2v) is 11.2. The Hall–Kier alpha value is -3.72. The Bertz CT molecular complexity index is 1390. The number of Topliss-reactive ketones (excluding diaryl/α,β-unsaturated/α-hetero) is 1. The molecule has 3 aliphatic rings. The van der Waals surface area contributed by atoms with Crippen LogP contribution in [0.4, 0.5) is 0 Å². The van der Waals surface area contributed by atoms with Crippen molar-refractivity contribution in [1.82, 2.24) is 5.32 Å². The van der Waals surface area contributed by atoms with Crippen molar-refractivity contribution in [3.63, 3.8) is 0 Å². The normalized spacial score (nSPS) is 19.5. The van der Waals surface area contributed by atoms with E-state index < -0.39 is 6.10 Å². The van der Waals surface area contributed by atoms with Crippen LogP contribution in [-0.4, -0.2) is 41.1 Å². The molecule has 0 radical (unpaired) electrons. The monoisotopic (exact) mass is 557 g/mol. The second-order valence-electron chi connectivity index (χ2n) is 11.2. The number of phenolic OH excluding ortho intramolecular Hbond substituents is 1. The third-order valence-electron chi connectivity index (χ3n) is 7.98. The van der Waals surface area contributed by atoms with Crippen molar-refractivity contribution in [2.75, 3.05) is 13.3 Å². The van der Waals surface area contributed by atoms with E-state index in [1.165, 1.54) is 16.7 Å². The maximum Gasteiger partial charge on any atom is 0.227 e. The van der Waals surface area contributed by atoms with Crippen LogP contribution >= 0.6 is 0 Å². The molecule has 0 saturated heterocycles. The molecule has 8 heteroatoms. The van der Waals surface area contributed by atoms with Crippen LogP contribution in [0.1, 0.15) is 73.9 Å². The highest BCUT2D eigenvalue weighted by Crippen LogP contribution is 2.30. The van der Waals surface area contributed by atoms with Gasteiger partial charge in [0.25, 0.3) is 0 Å². The highest BCUT2D eigenvalue weighted by Gasteiger charge is 2.31. The van der Waals surface area contributed by atoms with Gasteiger partial charge < -0.3 is 26.0 Å². The van der Waals surface area contributed by atoms with Gasteiger partial charge in [-0.05, 0) is 65.1 Å². The van der Waals surface area contributed by atoms with E-state index in [2.05, 4.69) is 47.7 Å². The van der Waals surface area contributed by atoms with Gasteiger partial charge in [0.1, 0.15) is 30.4 Å². The van der Waals surface area contributed by atoms with Crippen molar-refractivity contribution in [3.8, 4) is 11.5 Å². The minimum atomic E-state index is -0.560. The first-order valence-electron chi connectivity index (χ1n) is 14.7. The zero-order chi connectivity index (χ0) is 28.8. The van der Waals surface area contributed by atoms with Gasteiger partial charge in [-0.1, -0.05) is 50.5 Å². The van der Waals surface area contributed by atoms with Crippen molar-refractivity contribution >= 4 is 17.6 Å². The number of rotatable bonds is 14. The summed E-state index contributed by atoms with van der Waals surface area (Å²) in [5, 5.41) is 23.6. The Morgan fingerprint density at radius 1 is 1.27 bits per heavy atom. The average Bonchev–Trinajstić information content (AvgIpc) is 3.54. The number of aliphatic imine (C=N–C) groups is 1. The molecule has 0 saturated carbocycles. The van der Waals surface area contributed by atoms with Gasteiger partial charge in [-0.15, -0.1) is 0 Å². The highest BCUT2D eigenvalue weighted by molar-refractivity contribution is 6.08. The summed E-state index contributed by atoms with van der Waals surface area (Å²) in [6, 6.07) is 11.5. The van der Waals surface area contributed by atoms with Gasteiger partial charge in [-0.2, -0.15) is 0 Å². The smallest absolute Gasteiger partial charge is 0.227 e. The quantitative estimate of drug-likeness (QED) is 0.227. The van der Waals surface area contributed by atoms with Crippen molar-refractivity contribution < 1.29 is 24.6 Å². The van der Waals surface area contributed by atoms with Crippen LogP contribution in [0.15, 0.2) is 71.1 Å². The van der Waals surface area contributed by atoms with Gasteiger partial charge in [0.15, 0.2) is 11.5 Å². The number of ketones is 1. The number of nitrogens with one attached hydrogen (secondary N) is 2. The topological polar surface area (TPSA) is 122 Å². The number of hydrogen-bond donors (Lipinski definition) is 5. The summed E-state index contributed by atoms with van der Waals surface area (Å²) in [7, 11) is 0. The zero-order valence-electron chi connectivity index (χ0n) is 23.7. The number of allylic oxidation sites excluding steroid dienone is 1. The first-order valence-corrected chi connectivity index (χ1v) is 14.7. The van der Waals surface area contributed by atoms with Gasteiger partial charge >= 0.3 is 0 Å². The third-order valence-corrected chi connectivity index (χ3v) is 7.98. The molecule has 41 heavy (non-hydrogen) atoms. The van der Waals surface area contributed by atoms with E-state index in [9.17, 15) is 15.0 Å². The molecule has 0 bridgehead atoms. The van der Waals surface area contributed by atoms with Crippen molar-refractivity contribution in [2.24, 2.45) is 10.7 Å². The summed E-state index contributed by atoms with van der Waals surface area (Å²) in [5.74, 6) is 0.536. The molecule has 2 aromatic carbocycles. The molecule has 8 nitrogen and oxygen atoms in total. The Morgan fingerprint density at radius 3 is 3.00 bits per heavy atom. The Labute approximate surface area is 241 Å². The molecule has 2 aromatic rings. The molecule has 3 atom stereocenters. The predicted molar refractivity (Wildman–Crippen MR) is 160 cm³/mol. The van der Waals surface area contributed by atoms with E-state index in [1.807, 2.05) is 18.5 Å². The lowest BCUT2D eigenvalue weighted by Gasteiger charge is -2.22. The Balaban J connectivity index is 1.14. The van der Waals surface area contributed by atoms with E-state index in [0.717, 1.165) is 53.0 Å². The van der Waals surface area contributed by atoms with E-state index in [-0.39, 0.29) is 24.1 Å². The summed E-state index contributed by atoms with van der Waals surface area (Å²) >= 11 is 0. The number of phenols is 1. The molecule has 0 amide bonds. The van der Waals surface area contributed by atoms with E-state index in [4.69, 9.17) is 10.5 Å². The maximum absolute atomic E-state index is 12.4. The van der Waals surface area contributed by atoms with E-state index in [0.29, 0.717) is 38.3 Å². The summed E-state index contributed by atoms with van der Waals surface area (Å²) in [5.41, 5.74) is 14.0. The van der Waals surface area contributed by atoms with Crippen LogP contribution < -0.4 is 20.7 Å². The number of carbonyl (C=O) groups excluding carboxylic acids is 1. The molecule has 0 spiro atoms. The van der Waals surface area contributed by atoms with E-state index in [1.54, 1.807) is 12.1 Å². The molecule has 3 unspecified atom stereocenters. The number of carbonyl (C=O) groups is 1. The number of nitrogens with two attached hydrogens (primary N) is 1. The third kappa shape index (κ3) is 7.14. The number of benzene rings is 2. The van der Waals surface area contributed by atoms with Crippen LogP contribution in [0.5, 0.6) is 11.5 Å². The summed E-state index contributed by atoms with van der Waals surface area (Å²) in [6.45, 7) is 3.18. The van der Waals surface area contributed by atoms with Gasteiger partial charge in [0.05, 0.1) is 11.7 Å². The maximum atomic E-state index is 12.4. The lowest BCUT2D eigenvalue weighted by molar-refractivity contribution is -0.851. The molecule has 0 aliphatic carbocycles. The molecule has 3 heterocycles. The average molecular weight is 558 g/mol. The van der Waals surface area contributed by atoms with E-state index >= 15 is 0 Å². The molecule has 216 valence electrons. The number of aryl methyl sites for hydroxylation is 1. The van der Waals surface area contributed by atoms with Gasteiger partial charge in [0, 0.05) is 25.5 Å². The van der Waals surface area contributed by atoms with Crippen molar-refractivity contribution in [2.45, 2.75) is 70.6 Å². The summed E-state index contributed by atoms with van der Waals surface area (Å²) in [6.07, 6.45) is 13.0. The standard InChI is InChI=1S/C33H40N4O4/c1-2-3-4-7-25(38)17-26(39)11-9-22-10-12-31(40)32(15-22)41-21-37-19-29-24(18-36-30(29)20-37)16-23-6-5-8-28-27(23)13-14-35-33(28)34/h5-6,8,10,12-15,18-19,25,33,35,38,40H,2-4,7,9,11,16-17,20-21,34H2,1H3/p+1. The fourth-order valence-corrected chi connectivity index (χ4v) is 5.67. The van der Waals surface area contributed by atoms with Crippen molar-refractivity contribution in [3.05, 3.63) is 88.4 Å². The minimum Gasteiger partial charge on any atom is -0.504 e. The van der Waals surface area contributed by atoms with Gasteiger partial charge in [-0.3, -0.25) is 14.7 Å². The van der Waals surface area contributed by atoms with Crippen LogP contribution in [0.25, 0.3) is 6.08 Å². The minimum absolute atomic E-state index is 0.0559. The number of unbranched alkanes of at least 4 members (excludes halogenated alkanes) is 2. The number of aliphatic hydroxyl groups is 1. The lowest BCUT2D eigenvalue weighted by Crippen LogP contribution is -3.07. The predicted octanol–water partition coefficient (Wildman–Crippen LogP) is 3.46. The first kappa shape index (κ1) is 28.8. The fourth-order valence-electron chi connectivity index (χ4n) is 5.67. The number of quaternary nitrogens is 1. The molecule has 5 rings (SSSR count). The van der Waals surface area contributed by atoms with Gasteiger partial charge in [-0.25, -0.2) is 0 Å². The fraction of sp³-hybridized carbons (Fsp3) is 0.394. The number of fused-ring (bicyclic) bond motifs is 2. The van der Waals surface area contributed by atoms with Crippen LogP contribution in [0.3, 0.4) is 0 Å². The zero-order valence-corrected chi connectivity index (χ0v) is 23.7. The molecule has 0 aromatic heterocycles. The van der Waals surface area contributed by atoms with Crippen molar-refractivity contribution in [1.29, 1.82) is 0 Å². The molecule has 3 aliphatic heterocycles. The number of ether oxygens (including phenoxy) is 1. The molecular formula is C33H41N4O4+. The molecule has 6 N–H and O–H groups in total. The Morgan fingerprint density at radius 2 is 2.15 bits per heavy atom. The molecular weight excluding hydrogens is 516 g/mol. The number of nitrogens with zero attached hydrogens (tertiary/aromatic N) is 1.